The van der Waals surface area contributed by atoms with Crippen LogP contribution < -0.4 is 0 Å². The van der Waals surface area contributed by atoms with E-state index >= 15 is 0 Å². The first-order valence-electron chi connectivity index (χ1n) is 3.61. The second kappa shape index (κ2) is 7.78. The molecule has 0 atom stereocenters. The quantitative estimate of drug-likeness (QED) is 0.490. The minimum atomic E-state index is 0.949. The average molecular weight is 194 g/mol. The standard InChI is InChI=1S/C8H6N2.CH2O.H2O2/c1-2-4-8-7(3-1)9-5-6-10-8;2*1-2/h1-6H;1H2;1-2H. The fourth-order valence-corrected chi connectivity index (χ4v) is 0.910. The topological polar surface area (TPSA) is 83.3 Å². The van der Waals surface area contributed by atoms with Crippen LogP contribution in [-0.4, -0.2) is 27.3 Å². The zero-order chi connectivity index (χ0) is 10.8. The molecular formula is C9H10N2O3. The number of rotatable bonds is 0. The first kappa shape index (κ1) is 12.2. The number of para-hydroxylation sites is 2. The van der Waals surface area contributed by atoms with Crippen molar-refractivity contribution in [1.82, 2.24) is 9.97 Å². The molecule has 5 nitrogen and oxygen atoms in total. The van der Waals surface area contributed by atoms with Gasteiger partial charge in [0, 0.05) is 12.4 Å². The molecule has 0 saturated heterocycles. The summed E-state index contributed by atoms with van der Waals surface area (Å²) in [5.74, 6) is 0. The molecule has 0 radical (unpaired) electrons. The molecule has 74 valence electrons. The lowest BCUT2D eigenvalue weighted by molar-refractivity contribution is -0.176. The predicted molar refractivity (Wildman–Crippen MR) is 51.9 cm³/mol. The highest BCUT2D eigenvalue weighted by atomic mass is 17.0. The Morgan fingerprint density at radius 3 is 1.64 bits per heavy atom. The van der Waals surface area contributed by atoms with Gasteiger partial charge in [-0.25, -0.2) is 0 Å². The Bertz CT molecular complexity index is 302. The Morgan fingerprint density at radius 2 is 1.29 bits per heavy atom. The highest BCUT2D eigenvalue weighted by Crippen LogP contribution is 2.04. The van der Waals surface area contributed by atoms with Crippen LogP contribution >= 0.6 is 0 Å². The minimum Gasteiger partial charge on any atom is -0.307 e. The van der Waals surface area contributed by atoms with E-state index in [1.807, 2.05) is 31.1 Å². The van der Waals surface area contributed by atoms with Crippen molar-refractivity contribution < 1.29 is 15.3 Å². The van der Waals surface area contributed by atoms with Crippen molar-refractivity contribution in [2.75, 3.05) is 0 Å². The molecule has 2 rings (SSSR count). The van der Waals surface area contributed by atoms with Crippen molar-refractivity contribution in [3.63, 3.8) is 0 Å². The molecule has 0 spiro atoms. The monoisotopic (exact) mass is 194 g/mol. The summed E-state index contributed by atoms with van der Waals surface area (Å²) < 4.78 is 0. The Morgan fingerprint density at radius 1 is 0.929 bits per heavy atom. The van der Waals surface area contributed by atoms with Gasteiger partial charge in [0.15, 0.2) is 0 Å². The summed E-state index contributed by atoms with van der Waals surface area (Å²) in [6.45, 7) is 2.00. The number of hydrogen-bond acceptors (Lipinski definition) is 5. The van der Waals surface area contributed by atoms with Gasteiger partial charge < -0.3 is 4.79 Å². The third-order valence-electron chi connectivity index (χ3n) is 1.38. The van der Waals surface area contributed by atoms with Crippen molar-refractivity contribution in [3.05, 3.63) is 36.7 Å². The molecule has 0 aliphatic rings. The Kier molecular flexibility index (Phi) is 6.75. The first-order valence-corrected chi connectivity index (χ1v) is 3.61. The van der Waals surface area contributed by atoms with E-state index in [0.717, 1.165) is 11.0 Å². The van der Waals surface area contributed by atoms with Crippen LogP contribution in [0.4, 0.5) is 0 Å². The minimum absolute atomic E-state index is 0.949. The number of carbonyl (C=O) groups is 1. The maximum atomic E-state index is 8.00. The fraction of sp³-hybridized carbons (Fsp3) is 0. The Hall–Kier alpha value is -1.85. The van der Waals surface area contributed by atoms with E-state index in [-0.39, 0.29) is 0 Å². The number of hydrogen-bond donors (Lipinski definition) is 2. The van der Waals surface area contributed by atoms with Gasteiger partial charge in [-0.2, -0.15) is 0 Å². The van der Waals surface area contributed by atoms with Crippen LogP contribution in [0, 0.1) is 0 Å². The van der Waals surface area contributed by atoms with Crippen molar-refractivity contribution in [2.45, 2.75) is 0 Å². The van der Waals surface area contributed by atoms with Crippen molar-refractivity contribution in [2.24, 2.45) is 0 Å². The van der Waals surface area contributed by atoms with Gasteiger partial charge in [-0.15, -0.1) is 0 Å². The molecule has 2 aromatic rings. The smallest absolute Gasteiger partial charge is 0.106 e. The molecule has 0 saturated carbocycles. The van der Waals surface area contributed by atoms with E-state index < -0.39 is 0 Å². The number of fused-ring (bicyclic) bond motifs is 1. The first-order chi connectivity index (χ1) is 6.97. The predicted octanol–water partition coefficient (Wildman–Crippen LogP) is 1.46. The van der Waals surface area contributed by atoms with E-state index in [9.17, 15) is 0 Å². The summed E-state index contributed by atoms with van der Waals surface area (Å²) in [6, 6.07) is 7.80. The van der Waals surface area contributed by atoms with Gasteiger partial charge in [0.2, 0.25) is 0 Å². The van der Waals surface area contributed by atoms with E-state index in [2.05, 4.69) is 9.97 Å². The number of carbonyl (C=O) groups excluding carboxylic acids is 1. The lowest BCUT2D eigenvalue weighted by Crippen LogP contribution is -1.78. The molecule has 1 aromatic carbocycles. The zero-order valence-corrected chi connectivity index (χ0v) is 7.37. The maximum absolute atomic E-state index is 8.00. The lowest BCUT2D eigenvalue weighted by atomic mass is 10.3. The SMILES string of the molecule is C=O.OO.c1ccc2nccnc2c1. The van der Waals surface area contributed by atoms with Gasteiger partial charge >= 0.3 is 0 Å². The van der Waals surface area contributed by atoms with Gasteiger partial charge in [-0.05, 0) is 12.1 Å². The molecule has 0 aliphatic carbocycles. The molecule has 0 aliphatic heterocycles. The molecule has 0 unspecified atom stereocenters. The summed E-state index contributed by atoms with van der Waals surface area (Å²) in [6.07, 6.45) is 3.39. The number of nitrogens with zero attached hydrogens (tertiary/aromatic N) is 2. The van der Waals surface area contributed by atoms with Crippen LogP contribution in [-0.2, 0) is 4.79 Å². The van der Waals surface area contributed by atoms with E-state index in [4.69, 9.17) is 15.3 Å². The van der Waals surface area contributed by atoms with Gasteiger partial charge in [0.1, 0.15) is 6.79 Å². The summed E-state index contributed by atoms with van der Waals surface area (Å²) in [5.41, 5.74) is 1.90. The molecule has 0 bridgehead atoms. The van der Waals surface area contributed by atoms with Gasteiger partial charge in [0.05, 0.1) is 11.0 Å². The molecule has 5 heteroatoms. The van der Waals surface area contributed by atoms with Gasteiger partial charge in [0.25, 0.3) is 0 Å². The normalized spacial score (nSPS) is 7.86. The summed E-state index contributed by atoms with van der Waals surface area (Å²) in [7, 11) is 0. The molecule has 1 aromatic heterocycles. The zero-order valence-electron chi connectivity index (χ0n) is 7.37. The third-order valence-corrected chi connectivity index (χ3v) is 1.38. The Labute approximate surface area is 80.6 Å². The number of aromatic nitrogens is 2. The molecule has 14 heavy (non-hydrogen) atoms. The van der Waals surface area contributed by atoms with Crippen LogP contribution in [0.1, 0.15) is 0 Å². The van der Waals surface area contributed by atoms with Crippen molar-refractivity contribution in [3.8, 4) is 0 Å². The van der Waals surface area contributed by atoms with Crippen molar-refractivity contribution >= 4 is 17.8 Å². The van der Waals surface area contributed by atoms with Crippen LogP contribution in [0.3, 0.4) is 0 Å². The summed E-state index contributed by atoms with van der Waals surface area (Å²) >= 11 is 0. The molecule has 0 fully saturated rings. The summed E-state index contributed by atoms with van der Waals surface area (Å²) in [5, 5.41) is 12.0. The fourth-order valence-electron chi connectivity index (χ4n) is 0.910. The number of benzene rings is 1. The molecule has 2 N–H and O–H groups in total. The largest absolute Gasteiger partial charge is 0.307 e. The van der Waals surface area contributed by atoms with Crippen LogP contribution in [0.5, 0.6) is 0 Å². The molecule has 0 amide bonds. The van der Waals surface area contributed by atoms with Crippen LogP contribution in [0.2, 0.25) is 0 Å². The van der Waals surface area contributed by atoms with Crippen LogP contribution in [0.25, 0.3) is 11.0 Å². The van der Waals surface area contributed by atoms with E-state index in [1.165, 1.54) is 0 Å². The molecule has 1 heterocycles. The van der Waals surface area contributed by atoms with E-state index in [0.29, 0.717) is 0 Å². The van der Waals surface area contributed by atoms with Gasteiger partial charge in [-0.3, -0.25) is 20.5 Å². The Balaban J connectivity index is 0.000000379. The maximum Gasteiger partial charge on any atom is 0.106 e. The second-order valence-electron chi connectivity index (χ2n) is 2.05. The second-order valence-corrected chi connectivity index (χ2v) is 2.05. The van der Waals surface area contributed by atoms with Gasteiger partial charge in [-0.1, -0.05) is 12.1 Å². The van der Waals surface area contributed by atoms with Crippen LogP contribution in [0.15, 0.2) is 36.7 Å². The lowest BCUT2D eigenvalue weighted by Gasteiger charge is -1.90. The highest BCUT2D eigenvalue weighted by molar-refractivity contribution is 5.72. The van der Waals surface area contributed by atoms with Crippen molar-refractivity contribution in [1.29, 1.82) is 0 Å². The third kappa shape index (κ3) is 3.26. The average Bonchev–Trinajstić information content (AvgIpc) is 2.34. The van der Waals surface area contributed by atoms with E-state index in [1.54, 1.807) is 12.4 Å². The summed E-state index contributed by atoms with van der Waals surface area (Å²) in [4.78, 5) is 16.2. The molecular weight excluding hydrogens is 184 g/mol. The highest BCUT2D eigenvalue weighted by Gasteiger charge is 1.88.